The third kappa shape index (κ3) is 4.33. The average molecular weight is 444 g/mol. The molecule has 0 radical (unpaired) electrons. The minimum Gasteiger partial charge on any atom is -0.465 e. The number of benzene rings is 1. The van der Waals surface area contributed by atoms with Gasteiger partial charge in [-0.3, -0.25) is 9.59 Å². The first-order chi connectivity index (χ1) is 15.3. The summed E-state index contributed by atoms with van der Waals surface area (Å²) in [6, 6.07) is 6.10. The van der Waals surface area contributed by atoms with Crippen molar-refractivity contribution >= 4 is 17.7 Å². The Hall–Kier alpha value is -2.96. The van der Waals surface area contributed by atoms with Crippen LogP contribution in [0.15, 0.2) is 46.8 Å². The lowest BCUT2D eigenvalue weighted by Gasteiger charge is -2.39. The number of hydrogen-bond donors (Lipinski definition) is 1. The topological polar surface area (TPSA) is 81.7 Å². The van der Waals surface area contributed by atoms with Gasteiger partial charge in [0.1, 0.15) is 11.7 Å². The number of rotatable bonds is 7. The van der Waals surface area contributed by atoms with Gasteiger partial charge in [0.05, 0.1) is 24.7 Å². The normalized spacial score (nSPS) is 22.9. The number of dihydropyridines is 1. The summed E-state index contributed by atoms with van der Waals surface area (Å²) >= 11 is 0. The monoisotopic (exact) mass is 443 g/mol. The predicted octanol–water partition coefficient (Wildman–Crippen LogP) is 4.17. The van der Waals surface area contributed by atoms with Crippen LogP contribution in [0.2, 0.25) is 0 Å². The molecule has 1 N–H and O–H groups in total. The summed E-state index contributed by atoms with van der Waals surface area (Å²) in [5.74, 6) is -4.39. The summed E-state index contributed by atoms with van der Waals surface area (Å²) in [5, 5.41) is 3.28. The van der Waals surface area contributed by atoms with Crippen LogP contribution < -0.4 is 5.32 Å². The molecule has 3 rings (SSSR count). The maximum Gasteiger partial charge on any atom is 0.336 e. The van der Waals surface area contributed by atoms with E-state index in [2.05, 4.69) is 5.32 Å². The van der Waals surface area contributed by atoms with Crippen molar-refractivity contribution in [3.8, 4) is 0 Å². The molecule has 1 aliphatic carbocycles. The number of nitrogens with one attached hydrogen (secondary N) is 1. The Bertz CT molecular complexity index is 980. The third-order valence-electron chi connectivity index (χ3n) is 5.92. The second-order valence-electron chi connectivity index (χ2n) is 8.11. The van der Waals surface area contributed by atoms with Crippen molar-refractivity contribution in [1.29, 1.82) is 0 Å². The predicted molar refractivity (Wildman–Crippen MR) is 117 cm³/mol. The standard InChI is InChI=1S/C25H30FNO5/c1-5-10-17-22(25(30)32-7-3)20(15-11-8-9-12-16(15)26)21-18(27-17)13-14(4)19(23(21)28)24(29)31-6-2/h8-9,11-12,14,19-20,27H,5-7,10,13H2,1-4H3/t14-,19-,20-/m0/s1. The fourth-order valence-electron chi connectivity index (χ4n) is 4.62. The Balaban J connectivity index is 2.23. The van der Waals surface area contributed by atoms with E-state index in [0.717, 1.165) is 6.42 Å². The van der Waals surface area contributed by atoms with Crippen LogP contribution in [0.5, 0.6) is 0 Å². The Morgan fingerprint density at radius 1 is 1.12 bits per heavy atom. The van der Waals surface area contributed by atoms with Crippen molar-refractivity contribution in [1.82, 2.24) is 5.32 Å². The molecule has 0 unspecified atom stereocenters. The first-order valence-corrected chi connectivity index (χ1v) is 11.2. The molecular formula is C25H30FNO5. The van der Waals surface area contributed by atoms with Crippen molar-refractivity contribution < 1.29 is 28.2 Å². The number of esters is 2. The van der Waals surface area contributed by atoms with E-state index in [1.54, 1.807) is 32.0 Å². The van der Waals surface area contributed by atoms with Crippen molar-refractivity contribution in [2.24, 2.45) is 11.8 Å². The summed E-state index contributed by atoms with van der Waals surface area (Å²) in [6.07, 6.45) is 1.70. The van der Waals surface area contributed by atoms with Crippen LogP contribution in [0.4, 0.5) is 4.39 Å². The van der Waals surface area contributed by atoms with E-state index in [9.17, 15) is 14.4 Å². The van der Waals surface area contributed by atoms with Gasteiger partial charge in [-0.05, 0) is 38.7 Å². The lowest BCUT2D eigenvalue weighted by molar-refractivity contribution is -0.153. The highest BCUT2D eigenvalue weighted by molar-refractivity contribution is 6.12. The molecule has 0 spiro atoms. The molecule has 172 valence electrons. The molecule has 7 heteroatoms. The Morgan fingerprint density at radius 3 is 2.44 bits per heavy atom. The Kier molecular flexibility index (Phi) is 7.48. The summed E-state index contributed by atoms with van der Waals surface area (Å²) in [5.41, 5.74) is 1.95. The van der Waals surface area contributed by atoms with Gasteiger partial charge in [0.15, 0.2) is 5.78 Å². The van der Waals surface area contributed by atoms with Gasteiger partial charge < -0.3 is 14.8 Å². The molecule has 0 saturated carbocycles. The zero-order valence-corrected chi connectivity index (χ0v) is 19.0. The lowest BCUT2D eigenvalue weighted by atomic mass is 9.68. The second kappa shape index (κ2) is 10.1. The molecule has 1 aromatic rings. The van der Waals surface area contributed by atoms with Crippen LogP contribution in [-0.4, -0.2) is 30.9 Å². The van der Waals surface area contributed by atoms with Gasteiger partial charge in [0, 0.05) is 22.5 Å². The van der Waals surface area contributed by atoms with Crippen LogP contribution in [0.1, 0.15) is 58.4 Å². The smallest absolute Gasteiger partial charge is 0.336 e. The first-order valence-electron chi connectivity index (χ1n) is 11.2. The molecule has 32 heavy (non-hydrogen) atoms. The van der Waals surface area contributed by atoms with E-state index < -0.39 is 35.4 Å². The molecule has 1 aliphatic heterocycles. The highest BCUT2D eigenvalue weighted by Crippen LogP contribution is 2.46. The number of carbonyl (C=O) groups is 3. The molecule has 1 heterocycles. The molecule has 0 saturated heterocycles. The van der Waals surface area contributed by atoms with Crippen LogP contribution in [0, 0.1) is 17.7 Å². The highest BCUT2D eigenvalue weighted by atomic mass is 19.1. The number of carbonyl (C=O) groups excluding carboxylic acids is 3. The number of hydrogen-bond acceptors (Lipinski definition) is 6. The molecule has 0 fully saturated rings. The molecule has 1 aromatic carbocycles. The first kappa shape index (κ1) is 23.7. The van der Waals surface area contributed by atoms with Gasteiger partial charge in [0.2, 0.25) is 0 Å². The Labute approximate surface area is 187 Å². The summed E-state index contributed by atoms with van der Waals surface area (Å²) in [6.45, 7) is 7.49. The zero-order valence-electron chi connectivity index (χ0n) is 19.0. The number of Topliss-reactive ketones (excluding diaryl/α,β-unsaturated/α-hetero) is 1. The number of allylic oxidation sites excluding steroid dienone is 3. The van der Waals surface area contributed by atoms with Crippen molar-refractivity contribution in [2.45, 2.75) is 52.9 Å². The van der Waals surface area contributed by atoms with E-state index in [1.807, 2.05) is 13.8 Å². The average Bonchev–Trinajstić information content (AvgIpc) is 2.73. The van der Waals surface area contributed by atoms with E-state index in [1.165, 1.54) is 6.07 Å². The van der Waals surface area contributed by atoms with E-state index in [-0.39, 0.29) is 35.8 Å². The quantitative estimate of drug-likeness (QED) is 0.503. The lowest BCUT2D eigenvalue weighted by Crippen LogP contribution is -2.44. The fourth-order valence-corrected chi connectivity index (χ4v) is 4.62. The maximum absolute atomic E-state index is 15.0. The van der Waals surface area contributed by atoms with E-state index in [4.69, 9.17) is 9.47 Å². The minimum absolute atomic E-state index is 0.147. The molecule has 0 aromatic heterocycles. The van der Waals surface area contributed by atoms with Crippen molar-refractivity contribution in [3.63, 3.8) is 0 Å². The van der Waals surface area contributed by atoms with Crippen LogP contribution in [0.3, 0.4) is 0 Å². The van der Waals surface area contributed by atoms with Crippen LogP contribution in [-0.2, 0) is 23.9 Å². The number of ether oxygens (including phenoxy) is 2. The van der Waals surface area contributed by atoms with Crippen molar-refractivity contribution in [2.75, 3.05) is 13.2 Å². The van der Waals surface area contributed by atoms with Gasteiger partial charge in [0.25, 0.3) is 0 Å². The number of ketones is 1. The van der Waals surface area contributed by atoms with Gasteiger partial charge in [-0.25, -0.2) is 9.18 Å². The highest BCUT2D eigenvalue weighted by Gasteiger charge is 2.48. The van der Waals surface area contributed by atoms with Gasteiger partial charge >= 0.3 is 11.9 Å². The largest absolute Gasteiger partial charge is 0.465 e. The summed E-state index contributed by atoms with van der Waals surface area (Å²) in [7, 11) is 0. The zero-order chi connectivity index (χ0) is 23.4. The third-order valence-corrected chi connectivity index (χ3v) is 5.92. The molecule has 3 atom stereocenters. The number of halogens is 1. The molecule has 0 bridgehead atoms. The van der Waals surface area contributed by atoms with Crippen molar-refractivity contribution in [3.05, 3.63) is 58.2 Å². The van der Waals surface area contributed by atoms with E-state index >= 15 is 4.39 Å². The molecule has 6 nitrogen and oxygen atoms in total. The van der Waals surface area contributed by atoms with Gasteiger partial charge in [-0.1, -0.05) is 38.5 Å². The molecular weight excluding hydrogens is 413 g/mol. The van der Waals surface area contributed by atoms with Crippen LogP contribution in [0.25, 0.3) is 0 Å². The molecule has 2 aliphatic rings. The SMILES string of the molecule is CCCC1=C(C(=O)OCC)[C@@H](c2ccccc2F)C2=C(C[C@H](C)[C@H](C(=O)OCC)C2=O)N1. The summed E-state index contributed by atoms with van der Waals surface area (Å²) in [4.78, 5) is 39.4. The maximum atomic E-state index is 15.0. The van der Waals surface area contributed by atoms with Crippen LogP contribution >= 0.6 is 0 Å². The minimum atomic E-state index is -0.999. The second-order valence-corrected chi connectivity index (χ2v) is 8.11. The summed E-state index contributed by atoms with van der Waals surface area (Å²) < 4.78 is 25.5. The van der Waals surface area contributed by atoms with Gasteiger partial charge in [-0.2, -0.15) is 0 Å². The molecule has 0 amide bonds. The van der Waals surface area contributed by atoms with E-state index in [0.29, 0.717) is 24.2 Å². The fraction of sp³-hybridized carbons (Fsp3) is 0.480. The van der Waals surface area contributed by atoms with Gasteiger partial charge in [-0.15, -0.1) is 0 Å². The Morgan fingerprint density at radius 2 is 1.81 bits per heavy atom.